The molecule has 1 N–H and O–H groups in total. The Hall–Kier alpha value is -2.21. The Morgan fingerprint density at radius 3 is 2.73 bits per heavy atom. The first-order valence-corrected chi connectivity index (χ1v) is 9.49. The second-order valence-corrected chi connectivity index (χ2v) is 7.50. The van der Waals surface area contributed by atoms with Crippen LogP contribution in [-0.4, -0.2) is 45.2 Å². The molecule has 0 spiro atoms. The molecule has 1 atom stereocenters. The maximum atomic E-state index is 12.7. The number of nitrogens with one attached hydrogen (secondary N) is 1. The molecule has 3 rings (SSSR count). The molecular formula is C20H29N5O. The monoisotopic (exact) mass is 355 g/mol. The summed E-state index contributed by atoms with van der Waals surface area (Å²) in [6.07, 6.45) is 7.00. The van der Waals surface area contributed by atoms with Gasteiger partial charge in [0.05, 0.1) is 11.7 Å². The van der Waals surface area contributed by atoms with Crippen LogP contribution in [0.5, 0.6) is 0 Å². The van der Waals surface area contributed by atoms with Crippen molar-refractivity contribution in [2.75, 3.05) is 19.6 Å². The first-order chi connectivity index (χ1) is 12.5. The van der Waals surface area contributed by atoms with E-state index in [1.165, 1.54) is 12.8 Å². The van der Waals surface area contributed by atoms with Crippen molar-refractivity contribution < 1.29 is 4.79 Å². The molecule has 26 heavy (non-hydrogen) atoms. The number of carbonyl (C=O) groups excluding carboxylic acids is 1. The predicted octanol–water partition coefficient (Wildman–Crippen LogP) is 2.58. The normalized spacial score (nSPS) is 16.2. The summed E-state index contributed by atoms with van der Waals surface area (Å²) in [5.41, 5.74) is 2.74. The number of rotatable bonds is 7. The largest absolute Gasteiger partial charge is 0.349 e. The molecule has 0 aromatic carbocycles. The van der Waals surface area contributed by atoms with Gasteiger partial charge in [0.2, 0.25) is 0 Å². The van der Waals surface area contributed by atoms with Crippen LogP contribution in [0.4, 0.5) is 0 Å². The number of likely N-dealkylation sites (tertiary alicyclic amines) is 1. The number of hydrogen-bond donors (Lipinski definition) is 1. The molecule has 0 radical (unpaired) electrons. The lowest BCUT2D eigenvalue weighted by Gasteiger charge is -2.27. The van der Waals surface area contributed by atoms with E-state index in [1.54, 1.807) is 10.9 Å². The maximum absolute atomic E-state index is 12.7. The maximum Gasteiger partial charge on any atom is 0.269 e. The van der Waals surface area contributed by atoms with Crippen molar-refractivity contribution in [1.82, 2.24) is 25.0 Å². The molecule has 2 aromatic rings. The lowest BCUT2D eigenvalue weighted by atomic mass is 10.1. The molecular weight excluding hydrogens is 326 g/mol. The molecule has 3 heterocycles. The molecule has 1 fully saturated rings. The molecule has 0 bridgehead atoms. The number of carbonyl (C=O) groups is 1. The van der Waals surface area contributed by atoms with Crippen LogP contribution in [0.3, 0.4) is 0 Å². The fourth-order valence-corrected chi connectivity index (χ4v) is 3.62. The average Bonchev–Trinajstić information content (AvgIpc) is 3.25. The van der Waals surface area contributed by atoms with Gasteiger partial charge in [0.25, 0.3) is 5.91 Å². The lowest BCUT2D eigenvalue weighted by Crippen LogP contribution is -2.37. The van der Waals surface area contributed by atoms with E-state index in [1.807, 2.05) is 25.4 Å². The minimum absolute atomic E-state index is 0.0666. The van der Waals surface area contributed by atoms with Crippen LogP contribution >= 0.6 is 0 Å². The highest BCUT2D eigenvalue weighted by molar-refractivity contribution is 5.92. The van der Waals surface area contributed by atoms with Gasteiger partial charge in [-0.15, -0.1) is 0 Å². The molecule has 1 unspecified atom stereocenters. The zero-order valence-corrected chi connectivity index (χ0v) is 16.0. The fraction of sp³-hybridized carbons (Fsp3) is 0.550. The smallest absolute Gasteiger partial charge is 0.269 e. The Kier molecular flexibility index (Phi) is 6.04. The third-order valence-electron chi connectivity index (χ3n) is 4.89. The van der Waals surface area contributed by atoms with Crippen LogP contribution < -0.4 is 5.32 Å². The number of hydrogen-bond acceptors (Lipinski definition) is 4. The summed E-state index contributed by atoms with van der Waals surface area (Å²) in [7, 11) is 1.83. The summed E-state index contributed by atoms with van der Waals surface area (Å²) in [5.74, 6) is 0.453. The van der Waals surface area contributed by atoms with E-state index in [0.717, 1.165) is 30.8 Å². The molecule has 2 aromatic heterocycles. The Morgan fingerprint density at radius 2 is 2.08 bits per heavy atom. The van der Waals surface area contributed by atoms with E-state index in [-0.39, 0.29) is 11.9 Å². The van der Waals surface area contributed by atoms with Gasteiger partial charge < -0.3 is 5.32 Å². The van der Waals surface area contributed by atoms with Gasteiger partial charge >= 0.3 is 0 Å². The zero-order valence-electron chi connectivity index (χ0n) is 16.0. The van der Waals surface area contributed by atoms with E-state index < -0.39 is 0 Å². The van der Waals surface area contributed by atoms with Gasteiger partial charge in [-0.05, 0) is 56.0 Å². The zero-order chi connectivity index (χ0) is 18.5. The topological polar surface area (TPSA) is 63.1 Å². The van der Waals surface area contributed by atoms with E-state index in [4.69, 9.17) is 0 Å². The first-order valence-electron chi connectivity index (χ1n) is 9.49. The van der Waals surface area contributed by atoms with Crippen molar-refractivity contribution in [1.29, 1.82) is 0 Å². The van der Waals surface area contributed by atoms with Crippen LogP contribution in [-0.2, 0) is 13.5 Å². The number of aryl methyl sites for hydroxylation is 1. The molecule has 1 aliphatic heterocycles. The van der Waals surface area contributed by atoms with Crippen molar-refractivity contribution in [3.63, 3.8) is 0 Å². The summed E-state index contributed by atoms with van der Waals surface area (Å²) < 4.78 is 1.68. The van der Waals surface area contributed by atoms with Crippen LogP contribution in [0, 0.1) is 5.92 Å². The summed E-state index contributed by atoms with van der Waals surface area (Å²) in [5, 5.41) is 7.58. The van der Waals surface area contributed by atoms with E-state index in [2.05, 4.69) is 40.2 Å². The van der Waals surface area contributed by atoms with E-state index >= 15 is 0 Å². The molecule has 0 saturated carbocycles. The first kappa shape index (κ1) is 18.6. The van der Waals surface area contributed by atoms with Crippen molar-refractivity contribution in [3.8, 4) is 0 Å². The Labute approximate surface area is 155 Å². The molecule has 6 nitrogen and oxygen atoms in total. The highest BCUT2D eigenvalue weighted by Crippen LogP contribution is 2.24. The lowest BCUT2D eigenvalue weighted by molar-refractivity contribution is 0.0928. The molecule has 0 aliphatic carbocycles. The average molecular weight is 355 g/mol. The van der Waals surface area contributed by atoms with Gasteiger partial charge in [0.1, 0.15) is 5.69 Å². The number of amides is 1. The molecule has 1 saturated heterocycles. The molecule has 1 amide bonds. The summed E-state index contributed by atoms with van der Waals surface area (Å²) in [6, 6.07) is 6.12. The SMILES string of the molecule is CC(C)Cc1cc(C(=O)NCC(c2cccnc2)N2CCCC2)n(C)n1. The van der Waals surface area contributed by atoms with Crippen molar-refractivity contribution in [3.05, 3.63) is 47.5 Å². The summed E-state index contributed by atoms with van der Waals surface area (Å²) >= 11 is 0. The third kappa shape index (κ3) is 4.49. The Bertz CT molecular complexity index is 719. The highest BCUT2D eigenvalue weighted by Gasteiger charge is 2.25. The Balaban J connectivity index is 1.69. The number of aromatic nitrogens is 3. The second kappa shape index (κ2) is 8.45. The van der Waals surface area contributed by atoms with Gasteiger partial charge in [0.15, 0.2) is 0 Å². The van der Waals surface area contributed by atoms with Crippen LogP contribution in [0.15, 0.2) is 30.6 Å². The van der Waals surface area contributed by atoms with Gasteiger partial charge in [-0.25, -0.2) is 0 Å². The summed E-state index contributed by atoms with van der Waals surface area (Å²) in [4.78, 5) is 19.4. The van der Waals surface area contributed by atoms with Crippen LogP contribution in [0.25, 0.3) is 0 Å². The predicted molar refractivity (Wildman–Crippen MR) is 102 cm³/mol. The van der Waals surface area contributed by atoms with Gasteiger partial charge in [-0.3, -0.25) is 19.4 Å². The number of nitrogens with zero attached hydrogens (tertiary/aromatic N) is 4. The van der Waals surface area contributed by atoms with Crippen LogP contribution in [0.1, 0.15) is 54.5 Å². The minimum Gasteiger partial charge on any atom is -0.349 e. The molecule has 6 heteroatoms. The van der Waals surface area contributed by atoms with Gasteiger partial charge in [-0.2, -0.15) is 5.10 Å². The van der Waals surface area contributed by atoms with Crippen LogP contribution in [0.2, 0.25) is 0 Å². The number of pyridine rings is 1. The van der Waals surface area contributed by atoms with Gasteiger partial charge in [0, 0.05) is 26.0 Å². The molecule has 140 valence electrons. The van der Waals surface area contributed by atoms with Crippen molar-refractivity contribution in [2.24, 2.45) is 13.0 Å². The third-order valence-corrected chi connectivity index (χ3v) is 4.89. The minimum atomic E-state index is -0.0666. The second-order valence-electron chi connectivity index (χ2n) is 7.50. The standard InChI is InChI=1S/C20H29N5O/c1-15(2)11-17-12-18(24(3)23-17)20(26)22-14-19(25-9-4-5-10-25)16-7-6-8-21-13-16/h6-8,12-13,15,19H,4-5,9-11,14H2,1-3H3,(H,22,26). The van der Waals surface area contributed by atoms with E-state index in [9.17, 15) is 4.79 Å². The Morgan fingerprint density at radius 1 is 1.31 bits per heavy atom. The highest BCUT2D eigenvalue weighted by atomic mass is 16.2. The van der Waals surface area contributed by atoms with Crippen molar-refractivity contribution in [2.45, 2.75) is 39.2 Å². The molecule has 1 aliphatic rings. The fourth-order valence-electron chi connectivity index (χ4n) is 3.62. The summed E-state index contributed by atoms with van der Waals surface area (Å²) in [6.45, 7) is 7.03. The van der Waals surface area contributed by atoms with Gasteiger partial charge in [-0.1, -0.05) is 19.9 Å². The quantitative estimate of drug-likeness (QED) is 0.829. The van der Waals surface area contributed by atoms with E-state index in [0.29, 0.717) is 18.2 Å². The van der Waals surface area contributed by atoms with Crippen molar-refractivity contribution >= 4 is 5.91 Å².